The Labute approximate surface area is 147 Å². The first-order chi connectivity index (χ1) is 12.4. The molecule has 2 aliphatic rings. The van der Waals surface area contributed by atoms with Crippen LogP contribution in [0, 0.1) is 5.41 Å². The Hall–Kier alpha value is -2.29. The van der Waals surface area contributed by atoms with Crippen molar-refractivity contribution in [3.8, 4) is 0 Å². The molecular formula is C17H19F3N4O2. The molecule has 9 heteroatoms. The molecule has 2 aliphatic heterocycles. The number of likely N-dealkylation sites (tertiary alicyclic amines) is 1. The summed E-state index contributed by atoms with van der Waals surface area (Å²) in [4.78, 5) is 14.3. The number of anilines is 1. The molecule has 2 fully saturated rings. The van der Waals surface area contributed by atoms with Crippen molar-refractivity contribution < 1.29 is 22.5 Å². The van der Waals surface area contributed by atoms with E-state index in [1.165, 1.54) is 6.07 Å². The minimum Gasteiger partial charge on any atom is -0.358 e. The molecule has 6 nitrogen and oxygen atoms in total. The molecule has 4 rings (SSSR count). The summed E-state index contributed by atoms with van der Waals surface area (Å²) in [5.74, 6) is 0.0628. The van der Waals surface area contributed by atoms with Gasteiger partial charge in [-0.25, -0.2) is 0 Å². The van der Waals surface area contributed by atoms with Crippen molar-refractivity contribution in [1.82, 2.24) is 15.4 Å². The van der Waals surface area contributed by atoms with Crippen molar-refractivity contribution in [2.75, 3.05) is 38.0 Å². The van der Waals surface area contributed by atoms with Crippen LogP contribution < -0.4 is 10.6 Å². The highest BCUT2D eigenvalue weighted by Crippen LogP contribution is 2.36. The molecule has 1 atom stereocenters. The van der Waals surface area contributed by atoms with Crippen molar-refractivity contribution in [1.29, 1.82) is 0 Å². The van der Waals surface area contributed by atoms with Gasteiger partial charge in [0.2, 0.25) is 5.91 Å². The van der Waals surface area contributed by atoms with Gasteiger partial charge in [0.1, 0.15) is 0 Å². The summed E-state index contributed by atoms with van der Waals surface area (Å²) in [6.45, 7) is 3.31. The lowest BCUT2D eigenvalue weighted by molar-refractivity contribution is -0.137. The van der Waals surface area contributed by atoms with Crippen molar-refractivity contribution in [2.24, 2.45) is 5.41 Å². The highest BCUT2D eigenvalue weighted by Gasteiger charge is 2.41. The largest absolute Gasteiger partial charge is 0.416 e. The van der Waals surface area contributed by atoms with Crippen LogP contribution in [0.4, 0.5) is 19.0 Å². The number of aromatic nitrogens is 1. The lowest BCUT2D eigenvalue weighted by atomic mass is 9.87. The number of halogens is 3. The minimum absolute atomic E-state index is 0.0264. The fourth-order valence-corrected chi connectivity index (χ4v) is 3.81. The summed E-state index contributed by atoms with van der Waals surface area (Å²) in [5.41, 5.74) is -0.361. The van der Waals surface area contributed by atoms with Crippen LogP contribution in [-0.4, -0.2) is 48.7 Å². The van der Waals surface area contributed by atoms with Crippen molar-refractivity contribution in [2.45, 2.75) is 19.0 Å². The zero-order valence-electron chi connectivity index (χ0n) is 14.0. The predicted octanol–water partition coefficient (Wildman–Crippen LogP) is 2.47. The van der Waals surface area contributed by atoms with Gasteiger partial charge < -0.3 is 20.1 Å². The molecule has 26 heavy (non-hydrogen) atoms. The van der Waals surface area contributed by atoms with Crippen LogP contribution in [0.25, 0.3) is 11.0 Å². The number of alkyl halides is 3. The Morgan fingerprint density at radius 2 is 2.23 bits per heavy atom. The highest BCUT2D eigenvalue weighted by molar-refractivity contribution is 5.90. The maximum absolute atomic E-state index is 12.9. The lowest BCUT2D eigenvalue weighted by Crippen LogP contribution is -2.36. The standard InChI is InChI=1S/C17H19F3N4O2/c18-17(19,20)11-1-2-13-12(7-11)15(23-26-13)22-8-14(25)24-6-4-16(10-24)3-5-21-9-16/h1-2,7,21H,3-6,8-10H2,(H,22,23). The molecule has 1 spiro atoms. The third kappa shape index (κ3) is 3.11. The summed E-state index contributed by atoms with van der Waals surface area (Å²) >= 11 is 0. The summed E-state index contributed by atoms with van der Waals surface area (Å²) < 4.78 is 43.7. The first-order valence-corrected chi connectivity index (χ1v) is 8.55. The van der Waals surface area contributed by atoms with E-state index in [9.17, 15) is 18.0 Å². The number of benzene rings is 1. The van der Waals surface area contributed by atoms with Gasteiger partial charge in [-0.2, -0.15) is 13.2 Å². The Kier molecular flexibility index (Phi) is 4.06. The quantitative estimate of drug-likeness (QED) is 0.871. The molecule has 0 aliphatic carbocycles. The molecule has 1 unspecified atom stereocenters. The maximum atomic E-state index is 12.9. The average Bonchev–Trinajstić information content (AvgIpc) is 3.33. The van der Waals surface area contributed by atoms with Crippen molar-refractivity contribution >= 4 is 22.7 Å². The van der Waals surface area contributed by atoms with Crippen LogP contribution in [0.2, 0.25) is 0 Å². The van der Waals surface area contributed by atoms with Gasteiger partial charge >= 0.3 is 6.18 Å². The maximum Gasteiger partial charge on any atom is 0.416 e. The van der Waals surface area contributed by atoms with E-state index in [1.807, 2.05) is 4.90 Å². The lowest BCUT2D eigenvalue weighted by Gasteiger charge is -2.22. The Bertz CT molecular complexity index is 827. The molecular weight excluding hydrogens is 349 g/mol. The number of carbonyl (C=O) groups excluding carboxylic acids is 1. The van der Waals surface area contributed by atoms with Crippen molar-refractivity contribution in [3.05, 3.63) is 23.8 Å². The van der Waals surface area contributed by atoms with Crippen LogP contribution in [-0.2, 0) is 11.0 Å². The van der Waals surface area contributed by atoms with E-state index >= 15 is 0 Å². The molecule has 140 valence electrons. The summed E-state index contributed by atoms with van der Waals surface area (Å²) in [6.07, 6.45) is -2.40. The molecule has 0 bridgehead atoms. The zero-order chi connectivity index (χ0) is 18.4. The van der Waals surface area contributed by atoms with Gasteiger partial charge in [-0.1, -0.05) is 5.16 Å². The Morgan fingerprint density at radius 3 is 2.96 bits per heavy atom. The van der Waals surface area contributed by atoms with Gasteiger partial charge in [0, 0.05) is 25.0 Å². The molecule has 1 aromatic carbocycles. The molecule has 1 aromatic heterocycles. The molecule has 0 saturated carbocycles. The van der Waals surface area contributed by atoms with E-state index in [4.69, 9.17) is 4.52 Å². The number of amides is 1. The minimum atomic E-state index is -4.45. The van der Waals surface area contributed by atoms with Crippen LogP contribution >= 0.6 is 0 Å². The van der Waals surface area contributed by atoms with Gasteiger partial charge in [-0.3, -0.25) is 4.79 Å². The van der Waals surface area contributed by atoms with Crippen molar-refractivity contribution in [3.63, 3.8) is 0 Å². The van der Waals surface area contributed by atoms with Gasteiger partial charge in [0.15, 0.2) is 11.4 Å². The van der Waals surface area contributed by atoms with E-state index in [0.717, 1.165) is 44.6 Å². The topological polar surface area (TPSA) is 70.4 Å². The fourth-order valence-electron chi connectivity index (χ4n) is 3.81. The number of rotatable bonds is 3. The van der Waals surface area contributed by atoms with Crippen LogP contribution in [0.5, 0.6) is 0 Å². The van der Waals surface area contributed by atoms with Gasteiger partial charge in [-0.15, -0.1) is 0 Å². The molecule has 2 saturated heterocycles. The second-order valence-electron chi connectivity index (χ2n) is 7.09. The van der Waals surface area contributed by atoms with E-state index in [1.54, 1.807) is 0 Å². The number of hydrogen-bond donors (Lipinski definition) is 2. The van der Waals surface area contributed by atoms with Crippen LogP contribution in [0.3, 0.4) is 0 Å². The molecule has 2 N–H and O–H groups in total. The number of carbonyl (C=O) groups is 1. The molecule has 1 amide bonds. The molecule has 3 heterocycles. The summed E-state index contributed by atoms with van der Waals surface area (Å²) in [7, 11) is 0. The summed E-state index contributed by atoms with van der Waals surface area (Å²) in [6, 6.07) is 3.16. The number of nitrogens with zero attached hydrogens (tertiary/aromatic N) is 2. The average molecular weight is 368 g/mol. The molecule has 0 radical (unpaired) electrons. The smallest absolute Gasteiger partial charge is 0.358 e. The monoisotopic (exact) mass is 368 g/mol. The van der Waals surface area contributed by atoms with Crippen LogP contribution in [0.1, 0.15) is 18.4 Å². The highest BCUT2D eigenvalue weighted by atomic mass is 19.4. The van der Waals surface area contributed by atoms with Gasteiger partial charge in [0.25, 0.3) is 0 Å². The predicted molar refractivity (Wildman–Crippen MR) is 88.6 cm³/mol. The van der Waals surface area contributed by atoms with E-state index in [2.05, 4.69) is 15.8 Å². The normalized spacial score (nSPS) is 23.3. The van der Waals surface area contributed by atoms with E-state index in [0.29, 0.717) is 6.54 Å². The van der Waals surface area contributed by atoms with Crippen LogP contribution in [0.15, 0.2) is 22.7 Å². The number of nitrogens with one attached hydrogen (secondary N) is 2. The first-order valence-electron chi connectivity index (χ1n) is 8.55. The second-order valence-corrected chi connectivity index (χ2v) is 7.09. The first kappa shape index (κ1) is 17.1. The second kappa shape index (κ2) is 6.15. The third-order valence-electron chi connectivity index (χ3n) is 5.33. The van der Waals surface area contributed by atoms with E-state index < -0.39 is 11.7 Å². The Balaban J connectivity index is 1.44. The SMILES string of the molecule is O=C(CNc1noc2ccc(C(F)(F)F)cc12)N1CCC2(CCNC2)C1. The van der Waals surface area contributed by atoms with Gasteiger partial charge in [-0.05, 0) is 37.6 Å². The van der Waals surface area contributed by atoms with Gasteiger partial charge in [0.05, 0.1) is 17.5 Å². The zero-order valence-corrected chi connectivity index (χ0v) is 14.0. The summed E-state index contributed by atoms with van der Waals surface area (Å²) in [5, 5.41) is 10.1. The number of hydrogen-bond acceptors (Lipinski definition) is 5. The van der Waals surface area contributed by atoms with E-state index in [-0.39, 0.29) is 34.7 Å². The molecule has 2 aromatic rings. The third-order valence-corrected chi connectivity index (χ3v) is 5.33. The fraction of sp³-hybridized carbons (Fsp3) is 0.529. The Morgan fingerprint density at radius 1 is 1.38 bits per heavy atom. The number of fused-ring (bicyclic) bond motifs is 1.